The second kappa shape index (κ2) is 5.37. The van der Waals surface area contributed by atoms with Gasteiger partial charge in [0.25, 0.3) is 0 Å². The standard InChI is InChI=1S/C10H11BrO4/c11-7-4-2-1-3-6(7)9(14)10(15)8(13)5-12/h1-4,9-10,12,14-15H,5H2. The van der Waals surface area contributed by atoms with Crippen molar-refractivity contribution in [1.82, 2.24) is 0 Å². The molecule has 0 fully saturated rings. The second-order valence-corrected chi connectivity index (χ2v) is 3.89. The zero-order valence-corrected chi connectivity index (χ0v) is 9.39. The summed E-state index contributed by atoms with van der Waals surface area (Å²) in [5, 5.41) is 27.6. The molecule has 3 N–H and O–H groups in total. The van der Waals surface area contributed by atoms with Gasteiger partial charge in [0.2, 0.25) is 0 Å². The normalized spacial score (nSPS) is 14.7. The Balaban J connectivity index is 2.89. The van der Waals surface area contributed by atoms with Crippen molar-refractivity contribution in [2.24, 2.45) is 0 Å². The molecule has 0 heterocycles. The molecule has 0 saturated carbocycles. The third-order valence-corrected chi connectivity index (χ3v) is 2.73. The number of hydrogen-bond donors (Lipinski definition) is 3. The van der Waals surface area contributed by atoms with Crippen LogP contribution in [0.4, 0.5) is 0 Å². The Labute approximate surface area is 95.3 Å². The molecular weight excluding hydrogens is 264 g/mol. The minimum Gasteiger partial charge on any atom is -0.388 e. The Morgan fingerprint density at radius 1 is 1.33 bits per heavy atom. The largest absolute Gasteiger partial charge is 0.388 e. The number of Topliss-reactive ketones (excluding diaryl/α,β-unsaturated/α-hetero) is 1. The van der Waals surface area contributed by atoms with Gasteiger partial charge in [-0.3, -0.25) is 4.79 Å². The van der Waals surface area contributed by atoms with Gasteiger partial charge in [-0.05, 0) is 11.6 Å². The van der Waals surface area contributed by atoms with Gasteiger partial charge in [0.05, 0.1) is 0 Å². The number of benzene rings is 1. The van der Waals surface area contributed by atoms with E-state index < -0.39 is 24.6 Å². The van der Waals surface area contributed by atoms with Gasteiger partial charge in [0.15, 0.2) is 5.78 Å². The highest BCUT2D eigenvalue weighted by atomic mass is 79.9. The molecule has 0 radical (unpaired) electrons. The molecule has 2 atom stereocenters. The average Bonchev–Trinajstić information content (AvgIpc) is 2.26. The van der Waals surface area contributed by atoms with Crippen molar-refractivity contribution in [3.05, 3.63) is 34.3 Å². The zero-order chi connectivity index (χ0) is 11.4. The molecule has 0 saturated heterocycles. The molecule has 0 aromatic heterocycles. The summed E-state index contributed by atoms with van der Waals surface area (Å²) in [5.74, 6) is -0.807. The Morgan fingerprint density at radius 2 is 1.93 bits per heavy atom. The van der Waals surface area contributed by atoms with Gasteiger partial charge in [0.1, 0.15) is 18.8 Å². The lowest BCUT2D eigenvalue weighted by Crippen LogP contribution is -2.30. The van der Waals surface area contributed by atoms with Gasteiger partial charge in [-0.25, -0.2) is 0 Å². The summed E-state index contributed by atoms with van der Waals surface area (Å²) in [4.78, 5) is 11.0. The summed E-state index contributed by atoms with van der Waals surface area (Å²) < 4.78 is 0.599. The Morgan fingerprint density at radius 3 is 2.47 bits per heavy atom. The molecule has 5 heteroatoms. The molecule has 0 aliphatic carbocycles. The number of rotatable bonds is 4. The first-order valence-electron chi connectivity index (χ1n) is 4.32. The number of aliphatic hydroxyl groups excluding tert-OH is 3. The van der Waals surface area contributed by atoms with Gasteiger partial charge >= 0.3 is 0 Å². The number of aliphatic hydroxyl groups is 3. The highest BCUT2D eigenvalue weighted by Crippen LogP contribution is 2.25. The van der Waals surface area contributed by atoms with Gasteiger partial charge in [-0.1, -0.05) is 34.1 Å². The van der Waals surface area contributed by atoms with E-state index in [1.165, 1.54) is 0 Å². The van der Waals surface area contributed by atoms with Crippen LogP contribution in [0.15, 0.2) is 28.7 Å². The van der Waals surface area contributed by atoms with Crippen molar-refractivity contribution < 1.29 is 20.1 Å². The van der Waals surface area contributed by atoms with E-state index in [0.717, 1.165) is 0 Å². The Bertz CT molecular complexity index is 353. The van der Waals surface area contributed by atoms with Crippen molar-refractivity contribution >= 4 is 21.7 Å². The fourth-order valence-electron chi connectivity index (χ4n) is 1.15. The minimum absolute atomic E-state index is 0.409. The number of ketones is 1. The average molecular weight is 275 g/mol. The van der Waals surface area contributed by atoms with Crippen LogP contribution < -0.4 is 0 Å². The summed E-state index contributed by atoms with van der Waals surface area (Å²) in [6, 6.07) is 6.71. The zero-order valence-electron chi connectivity index (χ0n) is 7.80. The maximum Gasteiger partial charge on any atom is 0.189 e. The van der Waals surface area contributed by atoms with Crippen LogP contribution in [-0.2, 0) is 4.79 Å². The lowest BCUT2D eigenvalue weighted by Gasteiger charge is -2.17. The van der Waals surface area contributed by atoms with Crippen LogP contribution in [0, 0.1) is 0 Å². The lowest BCUT2D eigenvalue weighted by atomic mass is 10.0. The van der Waals surface area contributed by atoms with Crippen LogP contribution >= 0.6 is 15.9 Å². The summed E-state index contributed by atoms with van der Waals surface area (Å²) in [6.45, 7) is -0.789. The number of halogens is 1. The van der Waals surface area contributed by atoms with E-state index in [0.29, 0.717) is 10.0 Å². The maximum absolute atomic E-state index is 11.0. The molecule has 0 aliphatic heterocycles. The highest BCUT2D eigenvalue weighted by molar-refractivity contribution is 9.10. The first kappa shape index (κ1) is 12.3. The summed E-state index contributed by atoms with van der Waals surface area (Å²) in [7, 11) is 0. The molecule has 0 bridgehead atoms. The number of carbonyl (C=O) groups excluding carboxylic acids is 1. The van der Waals surface area contributed by atoms with Gasteiger partial charge in [-0.15, -0.1) is 0 Å². The molecular formula is C10H11BrO4. The van der Waals surface area contributed by atoms with E-state index in [1.807, 2.05) is 0 Å². The SMILES string of the molecule is O=C(CO)C(O)C(O)c1ccccc1Br. The van der Waals surface area contributed by atoms with Crippen LogP contribution in [0.25, 0.3) is 0 Å². The van der Waals surface area contributed by atoms with Gasteiger partial charge in [0, 0.05) is 4.47 Å². The molecule has 0 amide bonds. The molecule has 0 spiro atoms. The van der Waals surface area contributed by atoms with Crippen LogP contribution in [-0.4, -0.2) is 33.8 Å². The van der Waals surface area contributed by atoms with Crippen LogP contribution in [0.2, 0.25) is 0 Å². The first-order valence-corrected chi connectivity index (χ1v) is 5.11. The Hall–Kier alpha value is -0.750. The van der Waals surface area contributed by atoms with E-state index >= 15 is 0 Å². The van der Waals surface area contributed by atoms with Crippen molar-refractivity contribution in [3.63, 3.8) is 0 Å². The van der Waals surface area contributed by atoms with Crippen LogP contribution in [0.1, 0.15) is 11.7 Å². The predicted molar refractivity (Wildman–Crippen MR) is 57.2 cm³/mol. The van der Waals surface area contributed by atoms with Crippen molar-refractivity contribution in [2.75, 3.05) is 6.61 Å². The van der Waals surface area contributed by atoms with Crippen molar-refractivity contribution in [3.8, 4) is 0 Å². The monoisotopic (exact) mass is 274 g/mol. The summed E-state index contributed by atoms with van der Waals surface area (Å²) in [6.07, 6.45) is -2.94. The predicted octanol–water partition coefficient (Wildman–Crippen LogP) is 0.405. The van der Waals surface area contributed by atoms with Crippen LogP contribution in [0.5, 0.6) is 0 Å². The quantitative estimate of drug-likeness (QED) is 0.743. The van der Waals surface area contributed by atoms with Crippen LogP contribution in [0.3, 0.4) is 0 Å². The summed E-state index contributed by atoms with van der Waals surface area (Å²) in [5.41, 5.74) is 0.409. The maximum atomic E-state index is 11.0. The smallest absolute Gasteiger partial charge is 0.189 e. The highest BCUT2D eigenvalue weighted by Gasteiger charge is 2.25. The molecule has 2 unspecified atom stereocenters. The third kappa shape index (κ3) is 2.85. The second-order valence-electron chi connectivity index (χ2n) is 3.04. The number of carbonyl (C=O) groups is 1. The van der Waals surface area contributed by atoms with E-state index in [9.17, 15) is 15.0 Å². The van der Waals surface area contributed by atoms with E-state index in [4.69, 9.17) is 5.11 Å². The van der Waals surface area contributed by atoms with Crippen molar-refractivity contribution in [1.29, 1.82) is 0 Å². The lowest BCUT2D eigenvalue weighted by molar-refractivity contribution is -0.136. The number of hydrogen-bond acceptors (Lipinski definition) is 4. The molecule has 4 nitrogen and oxygen atoms in total. The fourth-order valence-corrected chi connectivity index (χ4v) is 1.67. The molecule has 1 aromatic carbocycles. The molecule has 0 aliphatic rings. The van der Waals surface area contributed by atoms with E-state index in [1.54, 1.807) is 24.3 Å². The Kier molecular flexibility index (Phi) is 4.41. The van der Waals surface area contributed by atoms with E-state index in [2.05, 4.69) is 15.9 Å². The molecule has 1 rings (SSSR count). The first-order chi connectivity index (χ1) is 7.07. The van der Waals surface area contributed by atoms with Crippen molar-refractivity contribution in [2.45, 2.75) is 12.2 Å². The minimum atomic E-state index is -1.60. The third-order valence-electron chi connectivity index (χ3n) is 2.01. The molecule has 15 heavy (non-hydrogen) atoms. The fraction of sp³-hybridized carbons (Fsp3) is 0.300. The topological polar surface area (TPSA) is 77.8 Å². The van der Waals surface area contributed by atoms with Gasteiger partial charge < -0.3 is 15.3 Å². The molecule has 1 aromatic rings. The summed E-state index contributed by atoms with van der Waals surface area (Å²) >= 11 is 3.19. The van der Waals surface area contributed by atoms with E-state index in [-0.39, 0.29) is 0 Å². The molecule has 82 valence electrons. The van der Waals surface area contributed by atoms with Gasteiger partial charge in [-0.2, -0.15) is 0 Å².